The molecule has 1 aliphatic carbocycles. The summed E-state index contributed by atoms with van der Waals surface area (Å²) >= 11 is 3.41. The largest absolute Gasteiger partial charge is 0.0826 e. The molecule has 0 heterocycles. The molecule has 0 bridgehead atoms. The molecule has 1 fully saturated rings. The van der Waals surface area contributed by atoms with Gasteiger partial charge in [0.25, 0.3) is 0 Å². The number of halogens is 1. The third-order valence-electron chi connectivity index (χ3n) is 3.05. The minimum Gasteiger partial charge on any atom is -0.0826 e. The van der Waals surface area contributed by atoms with E-state index in [0.29, 0.717) is 0 Å². The second kappa shape index (κ2) is 4.25. The number of azide groups is 1. The smallest absolute Gasteiger partial charge is 0.0738 e. The van der Waals surface area contributed by atoms with Gasteiger partial charge in [0.05, 0.1) is 5.54 Å². The van der Waals surface area contributed by atoms with Crippen LogP contribution in [0.1, 0.15) is 31.2 Å². The average Bonchev–Trinajstić information content (AvgIpc) is 2.69. The van der Waals surface area contributed by atoms with Crippen LogP contribution >= 0.6 is 15.9 Å². The van der Waals surface area contributed by atoms with E-state index in [-0.39, 0.29) is 5.54 Å². The molecular weight excluding hydrogens is 254 g/mol. The highest BCUT2D eigenvalue weighted by molar-refractivity contribution is 9.10. The highest BCUT2D eigenvalue weighted by Crippen LogP contribution is 2.42. The molecule has 0 radical (unpaired) electrons. The topological polar surface area (TPSA) is 48.8 Å². The Morgan fingerprint density at radius 2 is 1.80 bits per heavy atom. The van der Waals surface area contributed by atoms with Gasteiger partial charge in [-0.25, -0.2) is 0 Å². The van der Waals surface area contributed by atoms with Gasteiger partial charge in [-0.3, -0.25) is 0 Å². The molecule has 0 aliphatic heterocycles. The fourth-order valence-electron chi connectivity index (χ4n) is 2.25. The van der Waals surface area contributed by atoms with E-state index in [1.807, 2.05) is 24.3 Å². The molecule has 0 atom stereocenters. The second-order valence-corrected chi connectivity index (χ2v) is 4.85. The van der Waals surface area contributed by atoms with Gasteiger partial charge < -0.3 is 0 Å². The number of benzene rings is 1. The third-order valence-corrected chi connectivity index (χ3v) is 3.58. The normalized spacial score (nSPS) is 18.5. The lowest BCUT2D eigenvalue weighted by Gasteiger charge is -2.23. The summed E-state index contributed by atoms with van der Waals surface area (Å²) in [5.41, 5.74) is 9.51. The predicted octanol–water partition coefficient (Wildman–Crippen LogP) is 4.53. The highest BCUT2D eigenvalue weighted by Gasteiger charge is 2.34. The number of hydrogen-bond donors (Lipinski definition) is 0. The van der Waals surface area contributed by atoms with Crippen LogP contribution in [0.5, 0.6) is 0 Å². The Morgan fingerprint density at radius 3 is 2.33 bits per heavy atom. The molecule has 15 heavy (non-hydrogen) atoms. The number of nitrogens with zero attached hydrogens (tertiary/aromatic N) is 3. The molecule has 0 unspecified atom stereocenters. The zero-order valence-electron chi connectivity index (χ0n) is 8.36. The fraction of sp³-hybridized carbons (Fsp3) is 0.455. The summed E-state index contributed by atoms with van der Waals surface area (Å²) in [5, 5.41) is 4.02. The van der Waals surface area contributed by atoms with Crippen LogP contribution in [-0.4, -0.2) is 0 Å². The molecule has 0 amide bonds. The lowest BCUT2D eigenvalue weighted by molar-refractivity contribution is 0.459. The molecule has 1 aromatic rings. The first-order chi connectivity index (χ1) is 7.27. The van der Waals surface area contributed by atoms with E-state index < -0.39 is 0 Å². The molecule has 1 aliphatic rings. The summed E-state index contributed by atoms with van der Waals surface area (Å²) in [5.74, 6) is 0. The summed E-state index contributed by atoms with van der Waals surface area (Å²) in [7, 11) is 0. The lowest BCUT2D eigenvalue weighted by atomic mass is 9.89. The van der Waals surface area contributed by atoms with Crippen LogP contribution in [0.25, 0.3) is 10.4 Å². The highest BCUT2D eigenvalue weighted by atomic mass is 79.9. The van der Waals surface area contributed by atoms with Crippen molar-refractivity contribution in [2.45, 2.75) is 31.2 Å². The molecule has 0 spiro atoms. The quantitative estimate of drug-likeness (QED) is 0.429. The first-order valence-electron chi connectivity index (χ1n) is 5.09. The van der Waals surface area contributed by atoms with E-state index in [1.165, 1.54) is 0 Å². The van der Waals surface area contributed by atoms with Gasteiger partial charge in [-0.2, -0.15) is 0 Å². The molecule has 4 heteroatoms. The molecule has 0 saturated heterocycles. The summed E-state index contributed by atoms with van der Waals surface area (Å²) in [6.45, 7) is 0. The van der Waals surface area contributed by atoms with Crippen LogP contribution in [-0.2, 0) is 5.54 Å². The average molecular weight is 266 g/mol. The number of hydrogen-bond acceptors (Lipinski definition) is 1. The minimum absolute atomic E-state index is 0.282. The summed E-state index contributed by atoms with van der Waals surface area (Å²) in [6.07, 6.45) is 4.24. The standard InChI is InChI=1S/C11H12BrN3/c12-10-5-3-9(4-6-10)11(14-15-13)7-1-2-8-11/h3-6H,1-2,7-8H2. The van der Waals surface area contributed by atoms with Crippen LogP contribution in [0, 0.1) is 0 Å². The zero-order chi connectivity index (χ0) is 10.7. The Labute approximate surface area is 97.3 Å². The van der Waals surface area contributed by atoms with Crippen LogP contribution < -0.4 is 0 Å². The summed E-state index contributed by atoms with van der Waals surface area (Å²) < 4.78 is 1.06. The van der Waals surface area contributed by atoms with Crippen LogP contribution in [0.2, 0.25) is 0 Å². The van der Waals surface area contributed by atoms with Gasteiger partial charge in [-0.1, -0.05) is 46.0 Å². The van der Waals surface area contributed by atoms with Crippen molar-refractivity contribution in [2.24, 2.45) is 5.11 Å². The lowest BCUT2D eigenvalue weighted by Crippen LogP contribution is -2.17. The van der Waals surface area contributed by atoms with Crippen LogP contribution in [0.3, 0.4) is 0 Å². The van der Waals surface area contributed by atoms with Gasteiger partial charge in [-0.05, 0) is 36.1 Å². The second-order valence-electron chi connectivity index (χ2n) is 3.94. The van der Waals surface area contributed by atoms with Gasteiger partial charge in [0.15, 0.2) is 0 Å². The van der Waals surface area contributed by atoms with Gasteiger partial charge >= 0.3 is 0 Å². The molecule has 78 valence electrons. The van der Waals surface area contributed by atoms with E-state index in [2.05, 4.69) is 26.0 Å². The van der Waals surface area contributed by atoms with Crippen molar-refractivity contribution in [1.82, 2.24) is 0 Å². The maximum Gasteiger partial charge on any atom is 0.0738 e. The maximum absolute atomic E-state index is 8.66. The molecule has 0 N–H and O–H groups in total. The molecule has 0 aromatic heterocycles. The van der Waals surface area contributed by atoms with E-state index in [1.54, 1.807) is 0 Å². The van der Waals surface area contributed by atoms with Gasteiger partial charge in [0.1, 0.15) is 0 Å². The Hall–Kier alpha value is -0.990. The maximum atomic E-state index is 8.66. The summed E-state index contributed by atoms with van der Waals surface area (Å²) in [4.78, 5) is 3.00. The Bertz CT molecular complexity index is 387. The van der Waals surface area contributed by atoms with E-state index >= 15 is 0 Å². The fourth-order valence-corrected chi connectivity index (χ4v) is 2.52. The molecule has 3 nitrogen and oxygen atoms in total. The van der Waals surface area contributed by atoms with Crippen molar-refractivity contribution >= 4 is 15.9 Å². The first kappa shape index (κ1) is 10.5. The van der Waals surface area contributed by atoms with Gasteiger partial charge in [0.2, 0.25) is 0 Å². The predicted molar refractivity (Wildman–Crippen MR) is 63.4 cm³/mol. The van der Waals surface area contributed by atoms with E-state index in [9.17, 15) is 0 Å². The Balaban J connectivity index is 2.40. The van der Waals surface area contributed by atoms with Crippen molar-refractivity contribution in [1.29, 1.82) is 0 Å². The van der Waals surface area contributed by atoms with Gasteiger partial charge in [-0.15, -0.1) is 0 Å². The van der Waals surface area contributed by atoms with Crippen molar-refractivity contribution in [2.75, 3.05) is 0 Å². The van der Waals surface area contributed by atoms with Crippen molar-refractivity contribution in [3.63, 3.8) is 0 Å². The van der Waals surface area contributed by atoms with Gasteiger partial charge in [0, 0.05) is 9.38 Å². The Kier molecular flexibility index (Phi) is 2.98. The van der Waals surface area contributed by atoms with E-state index in [4.69, 9.17) is 5.53 Å². The monoisotopic (exact) mass is 265 g/mol. The van der Waals surface area contributed by atoms with Crippen molar-refractivity contribution < 1.29 is 0 Å². The van der Waals surface area contributed by atoms with Crippen LogP contribution in [0.4, 0.5) is 0 Å². The number of rotatable bonds is 2. The van der Waals surface area contributed by atoms with Crippen molar-refractivity contribution in [3.05, 3.63) is 44.7 Å². The molecular formula is C11H12BrN3. The Morgan fingerprint density at radius 1 is 1.20 bits per heavy atom. The van der Waals surface area contributed by atoms with Crippen molar-refractivity contribution in [3.8, 4) is 0 Å². The molecule has 1 aromatic carbocycles. The zero-order valence-corrected chi connectivity index (χ0v) is 9.94. The van der Waals surface area contributed by atoms with E-state index in [0.717, 1.165) is 35.7 Å². The molecule has 1 saturated carbocycles. The molecule has 2 rings (SSSR count). The van der Waals surface area contributed by atoms with Crippen LogP contribution in [0.15, 0.2) is 33.9 Å². The minimum atomic E-state index is -0.282. The SMILES string of the molecule is [N-]=[N+]=NC1(c2ccc(Br)cc2)CCCC1. The summed E-state index contributed by atoms with van der Waals surface area (Å²) in [6, 6.07) is 8.10. The third kappa shape index (κ3) is 2.01. The first-order valence-corrected chi connectivity index (χ1v) is 5.88.